The molecule has 0 saturated carbocycles. The zero-order valence-electron chi connectivity index (χ0n) is 9.90. The Bertz CT molecular complexity index is 555. The van der Waals surface area contributed by atoms with E-state index in [1.165, 1.54) is 17.9 Å². The number of anilines is 1. The van der Waals surface area contributed by atoms with Crippen LogP contribution in [0.3, 0.4) is 0 Å². The lowest BCUT2D eigenvalue weighted by atomic mass is 10.1. The maximum Gasteiger partial charge on any atom is 0.159 e. The Morgan fingerprint density at radius 1 is 1.28 bits per heavy atom. The second-order valence-electron chi connectivity index (χ2n) is 4.50. The van der Waals surface area contributed by atoms with E-state index in [1.54, 1.807) is 0 Å². The monoisotopic (exact) mass is 279 g/mol. The highest BCUT2D eigenvalue weighted by Gasteiger charge is 2.16. The topological polar surface area (TPSA) is 37.8 Å². The van der Waals surface area contributed by atoms with Gasteiger partial charge >= 0.3 is 0 Å². The molecule has 1 aromatic carbocycles. The van der Waals surface area contributed by atoms with E-state index in [0.29, 0.717) is 5.15 Å². The summed E-state index contributed by atoms with van der Waals surface area (Å²) in [5.74, 6) is 4.10. The number of benzene rings is 1. The molecule has 1 aliphatic heterocycles. The Morgan fingerprint density at radius 2 is 2.11 bits per heavy atom. The van der Waals surface area contributed by atoms with Crippen LogP contribution < -0.4 is 5.32 Å². The molecule has 1 unspecified atom stereocenters. The van der Waals surface area contributed by atoms with E-state index in [0.717, 1.165) is 29.1 Å². The number of fused-ring (bicyclic) bond motifs is 1. The van der Waals surface area contributed by atoms with E-state index in [2.05, 4.69) is 15.5 Å². The van der Waals surface area contributed by atoms with Gasteiger partial charge in [-0.05, 0) is 23.8 Å². The fraction of sp³-hybridized carbons (Fsp3) is 0.385. The van der Waals surface area contributed by atoms with Crippen LogP contribution in [0.25, 0.3) is 10.8 Å². The summed E-state index contributed by atoms with van der Waals surface area (Å²) in [5, 5.41) is 14.0. The van der Waals surface area contributed by atoms with Crippen LogP contribution in [0, 0.1) is 5.92 Å². The van der Waals surface area contributed by atoms with Gasteiger partial charge in [0.15, 0.2) is 11.0 Å². The molecule has 5 heteroatoms. The number of nitrogens with one attached hydrogen (secondary N) is 1. The molecule has 0 spiro atoms. The molecule has 3 nitrogen and oxygen atoms in total. The fourth-order valence-electron chi connectivity index (χ4n) is 2.19. The minimum Gasteiger partial charge on any atom is -0.368 e. The quantitative estimate of drug-likeness (QED) is 0.934. The lowest BCUT2D eigenvalue weighted by Crippen LogP contribution is -2.14. The van der Waals surface area contributed by atoms with Crippen LogP contribution in [-0.2, 0) is 0 Å². The fourth-order valence-corrected chi connectivity index (χ4v) is 3.67. The first-order chi connectivity index (χ1) is 8.84. The van der Waals surface area contributed by atoms with Crippen molar-refractivity contribution >= 4 is 40.0 Å². The van der Waals surface area contributed by atoms with Crippen molar-refractivity contribution in [3.63, 3.8) is 0 Å². The third-order valence-electron chi connectivity index (χ3n) is 3.22. The van der Waals surface area contributed by atoms with Crippen molar-refractivity contribution < 1.29 is 0 Å². The molecule has 1 fully saturated rings. The van der Waals surface area contributed by atoms with Crippen LogP contribution in [0.4, 0.5) is 5.82 Å². The van der Waals surface area contributed by atoms with Gasteiger partial charge in [0.1, 0.15) is 0 Å². The van der Waals surface area contributed by atoms with Crippen LogP contribution in [0.1, 0.15) is 6.42 Å². The molecule has 1 aliphatic rings. The lowest BCUT2D eigenvalue weighted by molar-refractivity contribution is 0.630. The lowest BCUT2D eigenvalue weighted by Gasteiger charge is -2.12. The third kappa shape index (κ3) is 2.40. The molecule has 0 bridgehead atoms. The molecular formula is C13H14ClN3S. The van der Waals surface area contributed by atoms with Gasteiger partial charge in [-0.15, -0.1) is 10.2 Å². The van der Waals surface area contributed by atoms with Crippen molar-refractivity contribution in [2.24, 2.45) is 5.92 Å². The molecule has 0 radical (unpaired) electrons. The first-order valence-corrected chi connectivity index (χ1v) is 7.60. The van der Waals surface area contributed by atoms with E-state index in [-0.39, 0.29) is 0 Å². The maximum absolute atomic E-state index is 6.05. The number of thioether (sulfide) groups is 1. The number of halogens is 1. The number of hydrogen-bond donors (Lipinski definition) is 1. The van der Waals surface area contributed by atoms with Gasteiger partial charge in [-0.1, -0.05) is 35.9 Å². The third-order valence-corrected chi connectivity index (χ3v) is 4.74. The Balaban J connectivity index is 1.85. The minimum absolute atomic E-state index is 0.465. The highest BCUT2D eigenvalue weighted by atomic mass is 35.5. The zero-order chi connectivity index (χ0) is 12.4. The van der Waals surface area contributed by atoms with Crippen molar-refractivity contribution in [1.82, 2.24) is 10.2 Å². The molecule has 1 saturated heterocycles. The van der Waals surface area contributed by atoms with Crippen LogP contribution in [0.5, 0.6) is 0 Å². The number of aromatic nitrogens is 2. The largest absolute Gasteiger partial charge is 0.368 e. The van der Waals surface area contributed by atoms with Crippen molar-refractivity contribution in [1.29, 1.82) is 0 Å². The Morgan fingerprint density at radius 3 is 2.89 bits per heavy atom. The summed E-state index contributed by atoms with van der Waals surface area (Å²) < 4.78 is 0. The first-order valence-electron chi connectivity index (χ1n) is 6.07. The standard InChI is InChI=1S/C13H14ClN3S/c14-12-10-3-1-2-4-11(10)13(17-16-12)15-7-9-5-6-18-8-9/h1-4,9H,5-8H2,(H,15,17). The second kappa shape index (κ2) is 5.33. The van der Waals surface area contributed by atoms with E-state index in [4.69, 9.17) is 11.6 Å². The average molecular weight is 280 g/mol. The van der Waals surface area contributed by atoms with Crippen LogP contribution in [0.2, 0.25) is 5.15 Å². The van der Waals surface area contributed by atoms with Gasteiger partial charge in [-0.2, -0.15) is 11.8 Å². The van der Waals surface area contributed by atoms with E-state index < -0.39 is 0 Å². The van der Waals surface area contributed by atoms with Gasteiger partial charge in [0.25, 0.3) is 0 Å². The summed E-state index contributed by atoms with van der Waals surface area (Å²) in [4.78, 5) is 0. The van der Waals surface area contributed by atoms with Crippen molar-refractivity contribution in [2.45, 2.75) is 6.42 Å². The van der Waals surface area contributed by atoms with E-state index in [1.807, 2.05) is 36.0 Å². The molecule has 18 heavy (non-hydrogen) atoms. The van der Waals surface area contributed by atoms with Gasteiger partial charge in [0.2, 0.25) is 0 Å². The summed E-state index contributed by atoms with van der Waals surface area (Å²) in [7, 11) is 0. The first kappa shape index (κ1) is 12.1. The predicted octanol–water partition coefficient (Wildman–Crippen LogP) is 3.45. The van der Waals surface area contributed by atoms with Crippen molar-refractivity contribution in [3.05, 3.63) is 29.4 Å². The van der Waals surface area contributed by atoms with Gasteiger partial charge in [0.05, 0.1) is 0 Å². The van der Waals surface area contributed by atoms with E-state index in [9.17, 15) is 0 Å². The van der Waals surface area contributed by atoms with Crippen LogP contribution in [-0.4, -0.2) is 28.2 Å². The van der Waals surface area contributed by atoms with Crippen LogP contribution in [0.15, 0.2) is 24.3 Å². The van der Waals surface area contributed by atoms with E-state index >= 15 is 0 Å². The van der Waals surface area contributed by atoms with Gasteiger partial charge in [-0.25, -0.2) is 0 Å². The normalized spacial score (nSPS) is 19.3. The molecule has 1 aromatic heterocycles. The highest BCUT2D eigenvalue weighted by Crippen LogP contribution is 2.27. The highest BCUT2D eigenvalue weighted by molar-refractivity contribution is 7.99. The predicted molar refractivity (Wildman–Crippen MR) is 78.5 cm³/mol. The molecule has 0 amide bonds. The van der Waals surface area contributed by atoms with Crippen molar-refractivity contribution in [3.8, 4) is 0 Å². The molecule has 3 rings (SSSR count). The summed E-state index contributed by atoms with van der Waals surface area (Å²) in [6, 6.07) is 7.97. The molecule has 2 aromatic rings. The van der Waals surface area contributed by atoms with Gasteiger partial charge in [-0.3, -0.25) is 0 Å². The molecular weight excluding hydrogens is 266 g/mol. The molecule has 0 aliphatic carbocycles. The molecule has 1 atom stereocenters. The smallest absolute Gasteiger partial charge is 0.159 e. The summed E-state index contributed by atoms with van der Waals surface area (Å²) in [5.41, 5.74) is 0. The second-order valence-corrected chi connectivity index (χ2v) is 6.00. The van der Waals surface area contributed by atoms with Gasteiger partial charge < -0.3 is 5.32 Å². The number of rotatable bonds is 3. The summed E-state index contributed by atoms with van der Waals surface area (Å²) in [6.45, 7) is 0.966. The van der Waals surface area contributed by atoms with Crippen LogP contribution >= 0.6 is 23.4 Å². The Hall–Kier alpha value is -1.00. The number of nitrogens with zero attached hydrogens (tertiary/aromatic N) is 2. The van der Waals surface area contributed by atoms with Crippen molar-refractivity contribution in [2.75, 3.05) is 23.4 Å². The summed E-state index contributed by atoms with van der Waals surface area (Å²) in [6.07, 6.45) is 1.29. The Labute approximate surface area is 115 Å². The SMILES string of the molecule is Clc1nnc(NCC2CCSC2)c2ccccc12. The maximum atomic E-state index is 6.05. The summed E-state index contributed by atoms with van der Waals surface area (Å²) >= 11 is 8.08. The molecule has 94 valence electrons. The minimum atomic E-state index is 0.465. The average Bonchev–Trinajstić information content (AvgIpc) is 2.92. The molecule has 2 heterocycles. The number of hydrogen-bond acceptors (Lipinski definition) is 4. The zero-order valence-corrected chi connectivity index (χ0v) is 11.5. The Kier molecular flexibility index (Phi) is 3.57. The molecule has 1 N–H and O–H groups in total. The van der Waals surface area contributed by atoms with Gasteiger partial charge in [0, 0.05) is 17.3 Å².